The highest BCUT2D eigenvalue weighted by Crippen LogP contribution is 2.47. The molecule has 7 nitrogen and oxygen atoms in total. The molecule has 2 amide bonds. The average Bonchev–Trinajstić information content (AvgIpc) is 3.22. The molecule has 3 rings (SSSR count). The minimum Gasteiger partial charge on any atom is -0.453 e. The van der Waals surface area contributed by atoms with E-state index in [4.69, 9.17) is 0 Å². The Labute approximate surface area is 133 Å². The van der Waals surface area contributed by atoms with Crippen molar-refractivity contribution in [2.75, 3.05) is 17.7 Å². The summed E-state index contributed by atoms with van der Waals surface area (Å²) < 4.78 is 6.28. The summed E-state index contributed by atoms with van der Waals surface area (Å²) in [7, 11) is 3.16. The van der Waals surface area contributed by atoms with Crippen molar-refractivity contribution in [1.82, 2.24) is 9.78 Å². The van der Waals surface area contributed by atoms with Gasteiger partial charge in [0.15, 0.2) is 0 Å². The third-order valence-electron chi connectivity index (χ3n) is 3.84. The van der Waals surface area contributed by atoms with E-state index < -0.39 is 6.09 Å². The summed E-state index contributed by atoms with van der Waals surface area (Å²) >= 11 is 0. The number of hydrogen-bond acceptors (Lipinski definition) is 4. The summed E-state index contributed by atoms with van der Waals surface area (Å²) in [6.07, 6.45) is 4.03. The van der Waals surface area contributed by atoms with E-state index in [9.17, 15) is 9.59 Å². The molecule has 7 heteroatoms. The molecule has 2 aromatic rings. The van der Waals surface area contributed by atoms with Crippen LogP contribution in [0.3, 0.4) is 0 Å². The van der Waals surface area contributed by atoms with E-state index in [2.05, 4.69) is 20.5 Å². The number of benzene rings is 1. The van der Waals surface area contributed by atoms with Crippen molar-refractivity contribution >= 4 is 23.4 Å². The monoisotopic (exact) mass is 314 g/mol. The first-order valence-electron chi connectivity index (χ1n) is 7.31. The Hall–Kier alpha value is -2.83. The number of nitrogens with one attached hydrogen (secondary N) is 2. The predicted molar refractivity (Wildman–Crippen MR) is 85.2 cm³/mol. The lowest BCUT2D eigenvalue weighted by Gasteiger charge is -2.08. The lowest BCUT2D eigenvalue weighted by atomic mass is 10.2. The Balaban J connectivity index is 1.60. The van der Waals surface area contributed by atoms with E-state index in [1.165, 1.54) is 7.11 Å². The predicted octanol–water partition coefficient (Wildman–Crippen LogP) is 2.34. The van der Waals surface area contributed by atoms with Gasteiger partial charge < -0.3 is 10.1 Å². The van der Waals surface area contributed by atoms with Crippen LogP contribution < -0.4 is 10.6 Å². The molecule has 1 aliphatic rings. The van der Waals surface area contributed by atoms with E-state index in [-0.39, 0.29) is 17.7 Å². The number of carbonyl (C=O) groups is 2. The van der Waals surface area contributed by atoms with Crippen LogP contribution in [-0.2, 0) is 16.6 Å². The summed E-state index contributed by atoms with van der Waals surface area (Å²) in [5, 5.41) is 9.58. The Bertz CT molecular complexity index is 740. The highest BCUT2D eigenvalue weighted by molar-refractivity contribution is 5.96. The zero-order valence-corrected chi connectivity index (χ0v) is 12.9. The van der Waals surface area contributed by atoms with Gasteiger partial charge in [0, 0.05) is 30.5 Å². The van der Waals surface area contributed by atoms with Gasteiger partial charge in [-0.25, -0.2) is 4.79 Å². The van der Waals surface area contributed by atoms with Crippen molar-refractivity contribution < 1.29 is 14.3 Å². The number of anilines is 2. The number of hydrogen-bond donors (Lipinski definition) is 2. The smallest absolute Gasteiger partial charge is 0.411 e. The minimum absolute atomic E-state index is 0.0194. The molecule has 1 aromatic carbocycles. The van der Waals surface area contributed by atoms with Crippen molar-refractivity contribution in [2.24, 2.45) is 13.0 Å². The van der Waals surface area contributed by atoms with Crippen LogP contribution >= 0.6 is 0 Å². The van der Waals surface area contributed by atoms with Crippen LogP contribution in [0.2, 0.25) is 0 Å². The third-order valence-corrected chi connectivity index (χ3v) is 3.84. The van der Waals surface area contributed by atoms with Gasteiger partial charge in [-0.3, -0.25) is 14.8 Å². The lowest BCUT2D eigenvalue weighted by Crippen LogP contribution is -2.15. The van der Waals surface area contributed by atoms with Crippen LogP contribution in [-0.4, -0.2) is 28.9 Å². The molecule has 2 atom stereocenters. The zero-order chi connectivity index (χ0) is 16.4. The van der Waals surface area contributed by atoms with Crippen molar-refractivity contribution in [2.45, 2.75) is 12.3 Å². The number of aromatic nitrogens is 2. The molecule has 0 spiro atoms. The molecule has 1 fully saturated rings. The van der Waals surface area contributed by atoms with Crippen LogP contribution in [0.4, 0.5) is 16.2 Å². The molecule has 0 aliphatic heterocycles. The summed E-state index contributed by atoms with van der Waals surface area (Å²) in [5.41, 5.74) is 2.30. The number of amides is 2. The van der Waals surface area contributed by atoms with E-state index in [1.54, 1.807) is 35.1 Å². The van der Waals surface area contributed by atoms with E-state index in [0.29, 0.717) is 11.4 Å². The van der Waals surface area contributed by atoms with Crippen molar-refractivity contribution in [3.8, 4) is 0 Å². The molecular weight excluding hydrogens is 296 g/mol. The Morgan fingerprint density at radius 1 is 1.30 bits per heavy atom. The van der Waals surface area contributed by atoms with Crippen molar-refractivity contribution in [3.63, 3.8) is 0 Å². The van der Waals surface area contributed by atoms with Gasteiger partial charge in [-0.15, -0.1) is 0 Å². The first-order valence-corrected chi connectivity index (χ1v) is 7.31. The van der Waals surface area contributed by atoms with Crippen LogP contribution in [0.25, 0.3) is 0 Å². The van der Waals surface area contributed by atoms with Gasteiger partial charge in [0.2, 0.25) is 5.91 Å². The fraction of sp³-hybridized carbons (Fsp3) is 0.312. The summed E-state index contributed by atoms with van der Waals surface area (Å²) in [4.78, 5) is 23.5. The fourth-order valence-electron chi connectivity index (χ4n) is 2.56. The number of carbonyl (C=O) groups excluding carboxylic acids is 2. The normalized spacial score (nSPS) is 19.0. The molecule has 1 heterocycles. The maximum absolute atomic E-state index is 12.3. The van der Waals surface area contributed by atoms with Gasteiger partial charge in [0.1, 0.15) is 0 Å². The number of nitrogens with zero attached hydrogens (tertiary/aromatic N) is 2. The quantitative estimate of drug-likeness (QED) is 0.907. The molecule has 120 valence electrons. The number of rotatable bonds is 4. The summed E-state index contributed by atoms with van der Waals surface area (Å²) in [6, 6.07) is 6.95. The van der Waals surface area contributed by atoms with Gasteiger partial charge in [-0.2, -0.15) is 5.10 Å². The highest BCUT2D eigenvalue weighted by atomic mass is 16.5. The van der Waals surface area contributed by atoms with Crippen molar-refractivity contribution in [1.29, 1.82) is 0 Å². The second-order valence-corrected chi connectivity index (χ2v) is 5.58. The highest BCUT2D eigenvalue weighted by Gasteiger charge is 2.44. The Morgan fingerprint density at radius 3 is 2.70 bits per heavy atom. The molecule has 1 aliphatic carbocycles. The fourth-order valence-corrected chi connectivity index (χ4v) is 2.56. The molecule has 1 saturated carbocycles. The Morgan fingerprint density at radius 2 is 2.04 bits per heavy atom. The Kier molecular flexibility index (Phi) is 4.01. The largest absolute Gasteiger partial charge is 0.453 e. The molecule has 1 aromatic heterocycles. The SMILES string of the molecule is COC(=O)Nc1cccc(NC(=O)[C@@H]2C[C@@H]2c2cnn(C)c2)c1. The lowest BCUT2D eigenvalue weighted by molar-refractivity contribution is -0.117. The molecule has 23 heavy (non-hydrogen) atoms. The third kappa shape index (κ3) is 3.50. The molecule has 0 saturated heterocycles. The second kappa shape index (κ2) is 6.12. The second-order valence-electron chi connectivity index (χ2n) is 5.58. The first kappa shape index (κ1) is 15.1. The average molecular weight is 314 g/mol. The molecule has 0 radical (unpaired) electrons. The van der Waals surface area contributed by atoms with Crippen LogP contribution in [0, 0.1) is 5.92 Å². The topological polar surface area (TPSA) is 85.2 Å². The molecule has 0 unspecified atom stereocenters. The number of methoxy groups -OCH3 is 1. The first-order chi connectivity index (χ1) is 11.1. The number of aryl methyl sites for hydroxylation is 1. The van der Waals surface area contributed by atoms with Gasteiger partial charge in [0.05, 0.1) is 13.3 Å². The molecule has 2 N–H and O–H groups in total. The van der Waals surface area contributed by atoms with Gasteiger partial charge in [0.25, 0.3) is 0 Å². The minimum atomic E-state index is -0.549. The standard InChI is InChI=1S/C16H18N4O3/c1-20-9-10(8-17-20)13-7-14(13)15(21)18-11-4-3-5-12(6-11)19-16(22)23-2/h3-6,8-9,13-14H,7H2,1-2H3,(H,18,21)(H,19,22)/t13-,14-/m1/s1. The van der Waals surface area contributed by atoms with E-state index in [0.717, 1.165) is 12.0 Å². The maximum Gasteiger partial charge on any atom is 0.411 e. The van der Waals surface area contributed by atoms with Crippen molar-refractivity contribution in [3.05, 3.63) is 42.2 Å². The number of ether oxygens (including phenoxy) is 1. The zero-order valence-electron chi connectivity index (χ0n) is 12.9. The summed E-state index contributed by atoms with van der Waals surface area (Å²) in [5.74, 6) is 0.186. The van der Waals surface area contributed by atoms with E-state index in [1.807, 2.05) is 13.2 Å². The van der Waals surface area contributed by atoms with Gasteiger partial charge in [-0.1, -0.05) is 6.07 Å². The van der Waals surface area contributed by atoms with Crippen LogP contribution in [0.15, 0.2) is 36.7 Å². The molecule has 0 bridgehead atoms. The summed E-state index contributed by atoms with van der Waals surface area (Å²) in [6.45, 7) is 0. The van der Waals surface area contributed by atoms with Crippen LogP contribution in [0.5, 0.6) is 0 Å². The van der Waals surface area contributed by atoms with Crippen LogP contribution in [0.1, 0.15) is 17.9 Å². The van der Waals surface area contributed by atoms with Gasteiger partial charge >= 0.3 is 6.09 Å². The van der Waals surface area contributed by atoms with Gasteiger partial charge in [-0.05, 0) is 36.1 Å². The van der Waals surface area contributed by atoms with E-state index >= 15 is 0 Å². The molecular formula is C16H18N4O3. The maximum atomic E-state index is 12.3.